The maximum atomic E-state index is 13.4. The number of thiazole rings is 1. The number of amides is 1. The summed E-state index contributed by atoms with van der Waals surface area (Å²) in [5.41, 5.74) is 2.54. The standard InChI is InChI=1S/C27H21ClN2O5S/c1-3-14-4-10-19-21(12-14)36-27(29-19)30-23(15-5-8-17(31)9-6-15)22(25(33)26(30)34)24(32)16-7-11-20(35-2)18(28)13-16/h4-13,23,31-32H,3H2,1-2H3/b24-22+. The van der Waals surface area contributed by atoms with Crippen molar-refractivity contribution in [3.05, 3.63) is 87.9 Å². The third kappa shape index (κ3) is 3.98. The van der Waals surface area contributed by atoms with Crippen molar-refractivity contribution >= 4 is 55.7 Å². The molecule has 0 spiro atoms. The van der Waals surface area contributed by atoms with E-state index in [1.165, 1.54) is 41.5 Å². The Hall–Kier alpha value is -3.88. The van der Waals surface area contributed by atoms with E-state index in [1.807, 2.05) is 18.2 Å². The highest BCUT2D eigenvalue weighted by Gasteiger charge is 2.48. The first-order valence-corrected chi connectivity index (χ1v) is 12.3. The van der Waals surface area contributed by atoms with E-state index < -0.39 is 17.7 Å². The van der Waals surface area contributed by atoms with E-state index in [1.54, 1.807) is 24.3 Å². The van der Waals surface area contributed by atoms with Crippen LogP contribution in [0.3, 0.4) is 0 Å². The molecule has 4 aromatic rings. The molecule has 1 aromatic heterocycles. The van der Waals surface area contributed by atoms with Gasteiger partial charge in [-0.25, -0.2) is 4.98 Å². The molecule has 0 radical (unpaired) electrons. The number of hydrogen-bond donors (Lipinski definition) is 2. The molecule has 1 atom stereocenters. The number of ether oxygens (including phenoxy) is 1. The predicted octanol–water partition coefficient (Wildman–Crippen LogP) is 5.85. The molecule has 36 heavy (non-hydrogen) atoms. The van der Waals surface area contributed by atoms with Gasteiger partial charge in [-0.3, -0.25) is 14.5 Å². The average Bonchev–Trinajstić information content (AvgIpc) is 3.41. The Kier molecular flexibility index (Phi) is 6.15. The van der Waals surface area contributed by atoms with Gasteiger partial charge in [-0.15, -0.1) is 0 Å². The van der Waals surface area contributed by atoms with Crippen LogP contribution in [0, 0.1) is 0 Å². The smallest absolute Gasteiger partial charge is 0.301 e. The summed E-state index contributed by atoms with van der Waals surface area (Å²) in [5.74, 6) is -1.57. The fourth-order valence-corrected chi connectivity index (χ4v) is 5.56. The normalized spacial score (nSPS) is 17.2. The fraction of sp³-hybridized carbons (Fsp3) is 0.148. The highest BCUT2D eigenvalue weighted by Crippen LogP contribution is 2.45. The van der Waals surface area contributed by atoms with E-state index in [0.29, 0.717) is 22.0 Å². The molecule has 2 N–H and O–H groups in total. The van der Waals surface area contributed by atoms with Crippen LogP contribution < -0.4 is 9.64 Å². The molecular formula is C27H21ClN2O5S. The molecular weight excluding hydrogens is 500 g/mol. The lowest BCUT2D eigenvalue weighted by molar-refractivity contribution is -0.132. The third-order valence-corrected chi connectivity index (χ3v) is 7.45. The number of aryl methyl sites for hydroxylation is 1. The molecule has 0 saturated carbocycles. The van der Waals surface area contributed by atoms with Gasteiger partial charge < -0.3 is 14.9 Å². The maximum absolute atomic E-state index is 13.4. The van der Waals surface area contributed by atoms with Crippen molar-refractivity contribution in [2.75, 3.05) is 12.0 Å². The van der Waals surface area contributed by atoms with Gasteiger partial charge in [0, 0.05) is 5.56 Å². The number of phenols is 1. The molecule has 2 heterocycles. The first-order valence-electron chi connectivity index (χ1n) is 11.2. The minimum atomic E-state index is -0.960. The number of aromatic nitrogens is 1. The van der Waals surface area contributed by atoms with Gasteiger partial charge in [-0.1, -0.05) is 48.1 Å². The highest BCUT2D eigenvalue weighted by atomic mass is 35.5. The SMILES string of the molecule is CCc1ccc2nc(N3C(=O)C(=O)/C(=C(/O)c4ccc(OC)c(Cl)c4)C3c3ccc(O)cc3)sc2c1. The minimum Gasteiger partial charge on any atom is -0.508 e. The Morgan fingerprint density at radius 3 is 2.53 bits per heavy atom. The van der Waals surface area contributed by atoms with Gasteiger partial charge in [-0.05, 0) is 60.0 Å². The van der Waals surface area contributed by atoms with Crippen molar-refractivity contribution in [2.24, 2.45) is 0 Å². The zero-order valence-electron chi connectivity index (χ0n) is 19.4. The van der Waals surface area contributed by atoms with Crippen LogP contribution in [0.2, 0.25) is 5.02 Å². The molecule has 9 heteroatoms. The molecule has 1 unspecified atom stereocenters. The van der Waals surface area contributed by atoms with Crippen LogP contribution in [0.25, 0.3) is 16.0 Å². The number of aliphatic hydroxyl groups excluding tert-OH is 1. The predicted molar refractivity (Wildman–Crippen MR) is 140 cm³/mol. The van der Waals surface area contributed by atoms with E-state index in [2.05, 4.69) is 11.9 Å². The van der Waals surface area contributed by atoms with Gasteiger partial charge in [-0.2, -0.15) is 0 Å². The van der Waals surface area contributed by atoms with E-state index in [4.69, 9.17) is 16.3 Å². The van der Waals surface area contributed by atoms with Crippen LogP contribution in [0.1, 0.15) is 29.7 Å². The maximum Gasteiger partial charge on any atom is 0.301 e. The van der Waals surface area contributed by atoms with Gasteiger partial charge in [0.25, 0.3) is 5.78 Å². The molecule has 3 aromatic carbocycles. The summed E-state index contributed by atoms with van der Waals surface area (Å²) < 4.78 is 6.06. The first-order chi connectivity index (χ1) is 17.3. The van der Waals surface area contributed by atoms with Crippen LogP contribution in [-0.2, 0) is 16.0 Å². The molecule has 1 saturated heterocycles. The number of aliphatic hydroxyl groups is 1. The quantitative estimate of drug-likeness (QED) is 0.194. The lowest BCUT2D eigenvalue weighted by atomic mass is 9.95. The van der Waals surface area contributed by atoms with Crippen LogP contribution in [0.5, 0.6) is 11.5 Å². The third-order valence-electron chi connectivity index (χ3n) is 6.13. The summed E-state index contributed by atoms with van der Waals surface area (Å²) in [5, 5.41) is 21.7. The molecule has 1 amide bonds. The van der Waals surface area contributed by atoms with Crippen LogP contribution >= 0.6 is 22.9 Å². The Labute approximate surface area is 215 Å². The summed E-state index contributed by atoms with van der Waals surface area (Å²) >= 11 is 7.55. The number of aromatic hydroxyl groups is 1. The van der Waals surface area contributed by atoms with Crippen LogP contribution in [-0.4, -0.2) is 34.0 Å². The van der Waals surface area contributed by atoms with Crippen molar-refractivity contribution in [1.82, 2.24) is 4.98 Å². The van der Waals surface area contributed by atoms with Crippen LogP contribution in [0.4, 0.5) is 5.13 Å². The summed E-state index contributed by atoms with van der Waals surface area (Å²) in [4.78, 5) is 32.7. The average molecular weight is 521 g/mol. The molecule has 1 aliphatic heterocycles. The lowest BCUT2D eigenvalue weighted by Crippen LogP contribution is -2.29. The van der Waals surface area contributed by atoms with Crippen molar-refractivity contribution in [1.29, 1.82) is 0 Å². The number of carbonyl (C=O) groups excluding carboxylic acids is 2. The van der Waals surface area contributed by atoms with Crippen molar-refractivity contribution in [3.63, 3.8) is 0 Å². The minimum absolute atomic E-state index is 0.0321. The topological polar surface area (TPSA) is 100.0 Å². The van der Waals surface area contributed by atoms with E-state index >= 15 is 0 Å². The molecule has 7 nitrogen and oxygen atoms in total. The Bertz CT molecular complexity index is 1540. The number of phenolic OH excluding ortho intramolecular Hbond substituents is 1. The second-order valence-electron chi connectivity index (χ2n) is 8.26. The summed E-state index contributed by atoms with van der Waals surface area (Å²) in [6, 6.07) is 15.7. The lowest BCUT2D eigenvalue weighted by Gasteiger charge is -2.23. The van der Waals surface area contributed by atoms with Gasteiger partial charge >= 0.3 is 5.91 Å². The van der Waals surface area contributed by atoms with Gasteiger partial charge in [0.05, 0.1) is 34.0 Å². The number of rotatable bonds is 5. The Morgan fingerprint density at radius 1 is 1.11 bits per heavy atom. The highest BCUT2D eigenvalue weighted by molar-refractivity contribution is 7.22. The summed E-state index contributed by atoms with van der Waals surface area (Å²) in [6.45, 7) is 2.05. The van der Waals surface area contributed by atoms with Gasteiger partial charge in [0.2, 0.25) is 0 Å². The first kappa shape index (κ1) is 23.8. The number of hydrogen-bond acceptors (Lipinski definition) is 7. The second kappa shape index (κ2) is 9.29. The van der Waals surface area contributed by atoms with E-state index in [0.717, 1.165) is 16.7 Å². The number of benzene rings is 3. The summed E-state index contributed by atoms with van der Waals surface area (Å²) in [6.07, 6.45) is 0.853. The second-order valence-corrected chi connectivity index (χ2v) is 9.68. The molecule has 5 rings (SSSR count). The van der Waals surface area contributed by atoms with Crippen molar-refractivity contribution < 1.29 is 24.5 Å². The van der Waals surface area contributed by atoms with E-state index in [9.17, 15) is 19.8 Å². The zero-order chi connectivity index (χ0) is 25.6. The molecule has 1 fully saturated rings. The number of nitrogens with zero attached hydrogens (tertiary/aromatic N) is 2. The molecule has 0 bridgehead atoms. The number of methoxy groups -OCH3 is 1. The van der Waals surface area contributed by atoms with Crippen LogP contribution in [0.15, 0.2) is 66.2 Å². The van der Waals surface area contributed by atoms with Crippen molar-refractivity contribution in [2.45, 2.75) is 19.4 Å². The molecule has 1 aliphatic rings. The van der Waals surface area contributed by atoms with Crippen molar-refractivity contribution in [3.8, 4) is 11.5 Å². The number of halogens is 1. The number of fused-ring (bicyclic) bond motifs is 1. The number of carbonyl (C=O) groups is 2. The molecule has 182 valence electrons. The monoisotopic (exact) mass is 520 g/mol. The zero-order valence-corrected chi connectivity index (χ0v) is 20.9. The summed E-state index contributed by atoms with van der Waals surface area (Å²) in [7, 11) is 1.47. The van der Waals surface area contributed by atoms with Gasteiger partial charge in [0.1, 0.15) is 17.3 Å². The largest absolute Gasteiger partial charge is 0.508 e. The van der Waals surface area contributed by atoms with Gasteiger partial charge in [0.15, 0.2) is 5.13 Å². The molecule has 0 aliphatic carbocycles. The Morgan fingerprint density at radius 2 is 1.86 bits per heavy atom. The number of anilines is 1. The number of ketones is 1. The van der Waals surface area contributed by atoms with E-state index in [-0.39, 0.29) is 27.7 Å². The Balaban J connectivity index is 1.71. The number of Topliss-reactive ketones (excluding diaryl/α,β-unsaturated/α-hetero) is 1. The fourth-order valence-electron chi connectivity index (χ4n) is 4.25.